The smallest absolute Gasteiger partial charge is 0.312 e. The van der Waals surface area contributed by atoms with Crippen LogP contribution in [0.3, 0.4) is 0 Å². The van der Waals surface area contributed by atoms with E-state index < -0.39 is 6.03 Å². The van der Waals surface area contributed by atoms with Crippen LogP contribution in [-0.2, 0) is 4.79 Å². The van der Waals surface area contributed by atoms with Crippen molar-refractivity contribution in [3.63, 3.8) is 0 Å². The molecule has 0 unspecified atom stereocenters. The van der Waals surface area contributed by atoms with Crippen LogP contribution in [0.4, 0.5) is 10.5 Å². The van der Waals surface area contributed by atoms with E-state index in [0.29, 0.717) is 13.0 Å². The zero-order valence-corrected chi connectivity index (χ0v) is 14.9. The van der Waals surface area contributed by atoms with Crippen LogP contribution in [-0.4, -0.2) is 56.7 Å². The molecule has 1 heterocycles. The summed E-state index contributed by atoms with van der Waals surface area (Å²) in [6.45, 7) is 3.79. The van der Waals surface area contributed by atoms with Gasteiger partial charge in [0.2, 0.25) is 5.91 Å². The lowest BCUT2D eigenvalue weighted by Gasteiger charge is -2.36. The number of nitrogens with two attached hydrogens (primary N) is 1. The van der Waals surface area contributed by atoms with E-state index in [2.05, 4.69) is 22.3 Å². The second-order valence-corrected chi connectivity index (χ2v) is 6.17. The van der Waals surface area contributed by atoms with E-state index in [9.17, 15) is 9.59 Å². The fraction of sp³-hybridized carbons (Fsp3) is 0.556. The van der Waals surface area contributed by atoms with Gasteiger partial charge in [0.25, 0.3) is 0 Å². The Bertz CT molecular complexity index is 554. The molecule has 0 aromatic heterocycles. The first-order valence-electron chi connectivity index (χ1n) is 8.80. The maximum Gasteiger partial charge on any atom is 0.312 e. The summed E-state index contributed by atoms with van der Waals surface area (Å²) in [5, 5.41) is 2.55. The third kappa shape index (κ3) is 6.17. The molecule has 7 nitrogen and oxygen atoms in total. The van der Waals surface area contributed by atoms with Crippen molar-refractivity contribution in [3.8, 4) is 5.75 Å². The normalized spacial score (nSPS) is 14.3. The van der Waals surface area contributed by atoms with E-state index >= 15 is 0 Å². The Morgan fingerprint density at radius 1 is 1.08 bits per heavy atom. The minimum Gasteiger partial charge on any atom is -0.497 e. The first-order chi connectivity index (χ1) is 12.1. The molecule has 25 heavy (non-hydrogen) atoms. The summed E-state index contributed by atoms with van der Waals surface area (Å²) in [6.07, 6.45) is 3.18. The molecule has 7 heteroatoms. The second-order valence-electron chi connectivity index (χ2n) is 6.17. The lowest BCUT2D eigenvalue weighted by atomic mass is 10.1. The summed E-state index contributed by atoms with van der Waals surface area (Å²) in [4.78, 5) is 27.1. The molecule has 3 amide bonds. The standard InChI is InChI=1S/C18H28N4O3/c1-25-16-8-6-15(7-9-16)21-11-13-22(14-12-21)17(23)5-3-2-4-10-20-18(19)24/h6-9H,2-5,10-14H2,1H3,(H3,19,20,24). The van der Waals surface area contributed by atoms with E-state index in [-0.39, 0.29) is 5.91 Å². The molecule has 0 bridgehead atoms. The number of rotatable bonds is 8. The van der Waals surface area contributed by atoms with Crippen molar-refractivity contribution in [1.82, 2.24) is 10.2 Å². The summed E-state index contributed by atoms with van der Waals surface area (Å²) in [5.74, 6) is 1.07. The number of hydrogen-bond donors (Lipinski definition) is 2. The average Bonchev–Trinajstić information content (AvgIpc) is 2.64. The van der Waals surface area contributed by atoms with Crippen molar-refractivity contribution in [1.29, 1.82) is 0 Å². The Morgan fingerprint density at radius 2 is 1.76 bits per heavy atom. The van der Waals surface area contributed by atoms with Gasteiger partial charge in [-0.15, -0.1) is 0 Å². The molecule has 0 saturated carbocycles. The zero-order chi connectivity index (χ0) is 18.1. The number of urea groups is 1. The van der Waals surface area contributed by atoms with Crippen molar-refractivity contribution < 1.29 is 14.3 Å². The Balaban J connectivity index is 1.65. The molecule has 1 aromatic rings. The number of hydrogen-bond acceptors (Lipinski definition) is 4. The zero-order valence-electron chi connectivity index (χ0n) is 14.9. The Hall–Kier alpha value is -2.44. The number of primary amides is 1. The number of benzene rings is 1. The SMILES string of the molecule is COc1ccc(N2CCN(C(=O)CCCCCNC(N)=O)CC2)cc1. The largest absolute Gasteiger partial charge is 0.497 e. The highest BCUT2D eigenvalue weighted by Crippen LogP contribution is 2.20. The molecule has 138 valence electrons. The highest BCUT2D eigenvalue weighted by Gasteiger charge is 2.20. The van der Waals surface area contributed by atoms with Crippen molar-refractivity contribution in [3.05, 3.63) is 24.3 Å². The predicted molar refractivity (Wildman–Crippen MR) is 97.8 cm³/mol. The molecule has 0 aliphatic carbocycles. The van der Waals surface area contributed by atoms with E-state index in [4.69, 9.17) is 10.5 Å². The van der Waals surface area contributed by atoms with Crippen LogP contribution >= 0.6 is 0 Å². The molecule has 1 fully saturated rings. The monoisotopic (exact) mass is 348 g/mol. The number of ether oxygens (including phenoxy) is 1. The number of nitrogens with one attached hydrogen (secondary N) is 1. The summed E-state index contributed by atoms with van der Waals surface area (Å²) in [7, 11) is 1.66. The van der Waals surface area contributed by atoms with Gasteiger partial charge in [-0.2, -0.15) is 0 Å². The molecule has 1 saturated heterocycles. The maximum atomic E-state index is 12.3. The summed E-state index contributed by atoms with van der Waals surface area (Å²) >= 11 is 0. The minimum absolute atomic E-state index is 0.220. The van der Waals surface area contributed by atoms with Gasteiger partial charge in [-0.05, 0) is 37.1 Å². The number of piperazine rings is 1. The quantitative estimate of drug-likeness (QED) is 0.698. The van der Waals surface area contributed by atoms with Crippen LogP contribution in [0, 0.1) is 0 Å². The van der Waals surface area contributed by atoms with Crippen LogP contribution in [0.5, 0.6) is 5.75 Å². The molecule has 1 aliphatic rings. The Labute approximate surface area is 149 Å². The number of methoxy groups -OCH3 is 1. The maximum absolute atomic E-state index is 12.3. The van der Waals surface area contributed by atoms with Crippen LogP contribution in [0.25, 0.3) is 0 Å². The molecule has 1 aromatic carbocycles. The van der Waals surface area contributed by atoms with Crippen LogP contribution in [0.2, 0.25) is 0 Å². The average molecular weight is 348 g/mol. The first-order valence-corrected chi connectivity index (χ1v) is 8.80. The van der Waals surface area contributed by atoms with Crippen LogP contribution in [0.15, 0.2) is 24.3 Å². The van der Waals surface area contributed by atoms with Crippen molar-refractivity contribution in [2.24, 2.45) is 5.73 Å². The van der Waals surface area contributed by atoms with Crippen LogP contribution < -0.4 is 20.7 Å². The number of unbranched alkanes of at least 4 members (excludes halogenated alkanes) is 2. The summed E-state index contributed by atoms with van der Waals surface area (Å²) in [6, 6.07) is 7.53. The van der Waals surface area contributed by atoms with Crippen LogP contribution in [0.1, 0.15) is 25.7 Å². The number of anilines is 1. The third-order valence-corrected chi connectivity index (χ3v) is 4.44. The Kier molecular flexibility index (Phi) is 7.37. The van der Waals surface area contributed by atoms with E-state index in [1.54, 1.807) is 7.11 Å². The first kappa shape index (κ1) is 18.9. The van der Waals surface area contributed by atoms with Gasteiger partial charge in [-0.1, -0.05) is 6.42 Å². The highest BCUT2D eigenvalue weighted by atomic mass is 16.5. The molecule has 0 radical (unpaired) electrons. The number of amides is 3. The number of carbonyl (C=O) groups excluding carboxylic acids is 2. The molecule has 2 rings (SSSR count). The van der Waals surface area contributed by atoms with Gasteiger partial charge in [0.15, 0.2) is 0 Å². The van der Waals surface area contributed by atoms with Gasteiger partial charge in [0.1, 0.15) is 5.75 Å². The summed E-state index contributed by atoms with van der Waals surface area (Å²) in [5.41, 5.74) is 6.16. The fourth-order valence-electron chi connectivity index (χ4n) is 2.95. The van der Waals surface area contributed by atoms with Gasteiger partial charge in [0.05, 0.1) is 7.11 Å². The summed E-state index contributed by atoms with van der Waals surface area (Å²) < 4.78 is 5.18. The van der Waals surface area contributed by atoms with E-state index in [0.717, 1.165) is 56.9 Å². The predicted octanol–water partition coefficient (Wildman–Crippen LogP) is 1.57. The molecular weight excluding hydrogens is 320 g/mol. The second kappa shape index (κ2) is 9.76. The van der Waals surface area contributed by atoms with Crippen molar-refractivity contribution >= 4 is 17.6 Å². The minimum atomic E-state index is -0.495. The third-order valence-electron chi connectivity index (χ3n) is 4.44. The molecular formula is C18H28N4O3. The number of carbonyl (C=O) groups is 2. The lowest BCUT2D eigenvalue weighted by Crippen LogP contribution is -2.48. The van der Waals surface area contributed by atoms with Gasteiger partial charge >= 0.3 is 6.03 Å². The number of nitrogens with zero attached hydrogens (tertiary/aromatic N) is 2. The Morgan fingerprint density at radius 3 is 2.36 bits per heavy atom. The van der Waals surface area contributed by atoms with Gasteiger partial charge in [-0.3, -0.25) is 4.79 Å². The van der Waals surface area contributed by atoms with Crippen molar-refractivity contribution in [2.45, 2.75) is 25.7 Å². The van der Waals surface area contributed by atoms with Gasteiger partial charge < -0.3 is 25.6 Å². The van der Waals surface area contributed by atoms with Crippen molar-refractivity contribution in [2.75, 3.05) is 44.7 Å². The topological polar surface area (TPSA) is 87.9 Å². The fourth-order valence-corrected chi connectivity index (χ4v) is 2.95. The van der Waals surface area contributed by atoms with Gasteiger partial charge in [-0.25, -0.2) is 4.79 Å². The van der Waals surface area contributed by atoms with E-state index in [1.165, 1.54) is 0 Å². The van der Waals surface area contributed by atoms with E-state index in [1.807, 2.05) is 17.0 Å². The molecule has 3 N–H and O–H groups in total. The highest BCUT2D eigenvalue weighted by molar-refractivity contribution is 5.76. The van der Waals surface area contributed by atoms with Gasteiger partial charge in [0, 0.05) is 44.8 Å². The lowest BCUT2D eigenvalue weighted by molar-refractivity contribution is -0.131. The molecule has 0 spiro atoms. The molecule has 0 atom stereocenters. The molecule has 1 aliphatic heterocycles.